The molecule has 1 amide bonds. The van der Waals surface area contributed by atoms with Gasteiger partial charge in [0.1, 0.15) is 6.04 Å². The van der Waals surface area contributed by atoms with Crippen molar-refractivity contribution in [1.82, 2.24) is 20.2 Å². The van der Waals surface area contributed by atoms with Crippen molar-refractivity contribution in [3.63, 3.8) is 0 Å². The van der Waals surface area contributed by atoms with Crippen LogP contribution in [0.5, 0.6) is 0 Å². The monoisotopic (exact) mass is 263 g/mol. The van der Waals surface area contributed by atoms with Gasteiger partial charge < -0.3 is 4.90 Å². The van der Waals surface area contributed by atoms with Gasteiger partial charge in [0.05, 0.1) is 5.69 Å². The maximum atomic E-state index is 12.1. The molecular weight excluding hydrogens is 242 g/mol. The van der Waals surface area contributed by atoms with Gasteiger partial charge in [-0.3, -0.25) is 20.1 Å². The second-order valence-electron chi connectivity index (χ2n) is 4.96. The standard InChI is InChI=1S/C13H21N5O/c1-10-4-3-5-15-11(10)12(13(19)16-14)18-8-6-17(2)7-9-18/h3-5,12H,6-9,14H2,1-2H3,(H,16,19). The molecule has 1 aromatic heterocycles. The molecule has 0 aliphatic carbocycles. The van der Waals surface area contributed by atoms with Crippen LogP contribution in [0.3, 0.4) is 0 Å². The zero-order chi connectivity index (χ0) is 13.8. The number of carbonyl (C=O) groups is 1. The fraction of sp³-hybridized carbons (Fsp3) is 0.538. The molecule has 6 nitrogen and oxygen atoms in total. The van der Waals surface area contributed by atoms with Crippen LogP contribution in [0.2, 0.25) is 0 Å². The molecule has 0 saturated carbocycles. The van der Waals surface area contributed by atoms with E-state index in [9.17, 15) is 4.79 Å². The third kappa shape index (κ3) is 3.09. The topological polar surface area (TPSA) is 74.5 Å². The van der Waals surface area contributed by atoms with E-state index < -0.39 is 6.04 Å². The zero-order valence-corrected chi connectivity index (χ0v) is 11.5. The Kier molecular flexibility index (Phi) is 4.47. The summed E-state index contributed by atoms with van der Waals surface area (Å²) in [6, 6.07) is 3.44. The Labute approximate surface area is 113 Å². The number of aryl methyl sites for hydroxylation is 1. The number of nitrogens with one attached hydrogen (secondary N) is 1. The molecule has 0 aromatic carbocycles. The Morgan fingerprint density at radius 2 is 2.11 bits per heavy atom. The molecule has 3 N–H and O–H groups in total. The fourth-order valence-electron chi connectivity index (χ4n) is 2.41. The van der Waals surface area contributed by atoms with Gasteiger partial charge in [-0.1, -0.05) is 6.07 Å². The average molecular weight is 263 g/mol. The summed E-state index contributed by atoms with van der Waals surface area (Å²) in [6.45, 7) is 5.53. The number of aromatic nitrogens is 1. The van der Waals surface area contributed by atoms with E-state index in [0.717, 1.165) is 37.4 Å². The summed E-state index contributed by atoms with van der Waals surface area (Å²) in [4.78, 5) is 20.9. The molecule has 0 spiro atoms. The number of pyridine rings is 1. The van der Waals surface area contributed by atoms with E-state index >= 15 is 0 Å². The molecule has 0 bridgehead atoms. The minimum Gasteiger partial charge on any atom is -0.304 e. The van der Waals surface area contributed by atoms with Crippen molar-refractivity contribution in [1.29, 1.82) is 0 Å². The van der Waals surface area contributed by atoms with Gasteiger partial charge in [0.25, 0.3) is 5.91 Å². The Morgan fingerprint density at radius 1 is 1.42 bits per heavy atom. The lowest BCUT2D eigenvalue weighted by atomic mass is 10.0. The number of carbonyl (C=O) groups excluding carboxylic acids is 1. The first-order chi connectivity index (χ1) is 9.13. The van der Waals surface area contributed by atoms with Crippen LogP contribution in [0.15, 0.2) is 18.3 Å². The highest BCUT2D eigenvalue weighted by Crippen LogP contribution is 2.23. The number of nitrogens with zero attached hydrogens (tertiary/aromatic N) is 3. The Bertz CT molecular complexity index is 442. The summed E-state index contributed by atoms with van der Waals surface area (Å²) in [5.41, 5.74) is 4.06. The predicted molar refractivity (Wildman–Crippen MR) is 73.1 cm³/mol. The van der Waals surface area contributed by atoms with E-state index in [1.807, 2.05) is 19.1 Å². The number of likely N-dealkylation sites (N-methyl/N-ethyl adjacent to an activating group) is 1. The number of hydrogen-bond acceptors (Lipinski definition) is 5. The Balaban J connectivity index is 2.26. The van der Waals surface area contributed by atoms with Crippen LogP contribution in [-0.2, 0) is 4.79 Å². The van der Waals surface area contributed by atoms with Crippen LogP contribution in [0.4, 0.5) is 0 Å². The highest BCUT2D eigenvalue weighted by Gasteiger charge is 2.31. The van der Waals surface area contributed by atoms with E-state index in [1.165, 1.54) is 0 Å². The number of hydrogen-bond donors (Lipinski definition) is 2. The van der Waals surface area contributed by atoms with E-state index in [2.05, 4.69) is 27.3 Å². The first-order valence-electron chi connectivity index (χ1n) is 6.48. The highest BCUT2D eigenvalue weighted by atomic mass is 16.2. The second kappa shape index (κ2) is 6.10. The van der Waals surface area contributed by atoms with Crippen molar-refractivity contribution < 1.29 is 4.79 Å². The predicted octanol–water partition coefficient (Wildman–Crippen LogP) is -0.332. The summed E-state index contributed by atoms with van der Waals surface area (Å²) in [5, 5.41) is 0. The van der Waals surface area contributed by atoms with Crippen LogP contribution < -0.4 is 11.3 Å². The first kappa shape index (κ1) is 13.9. The second-order valence-corrected chi connectivity index (χ2v) is 4.96. The third-order valence-electron chi connectivity index (χ3n) is 3.60. The zero-order valence-electron chi connectivity index (χ0n) is 11.5. The van der Waals surface area contributed by atoms with Crippen molar-refractivity contribution in [3.05, 3.63) is 29.6 Å². The summed E-state index contributed by atoms with van der Waals surface area (Å²) >= 11 is 0. The SMILES string of the molecule is Cc1cccnc1C(C(=O)NN)N1CCN(C)CC1. The van der Waals surface area contributed by atoms with Crippen molar-refractivity contribution in [2.45, 2.75) is 13.0 Å². The molecule has 6 heteroatoms. The third-order valence-corrected chi connectivity index (χ3v) is 3.60. The van der Waals surface area contributed by atoms with Crippen molar-refractivity contribution in [2.24, 2.45) is 5.84 Å². The molecule has 19 heavy (non-hydrogen) atoms. The molecule has 0 radical (unpaired) electrons. The minimum atomic E-state index is -0.403. The number of nitrogens with two attached hydrogens (primary N) is 1. The fourth-order valence-corrected chi connectivity index (χ4v) is 2.41. The van der Waals surface area contributed by atoms with E-state index in [0.29, 0.717) is 0 Å². The quantitative estimate of drug-likeness (QED) is 0.444. The Hall–Kier alpha value is -1.50. The largest absolute Gasteiger partial charge is 0.304 e. The molecular formula is C13H21N5O. The first-order valence-corrected chi connectivity index (χ1v) is 6.48. The maximum absolute atomic E-state index is 12.1. The lowest BCUT2D eigenvalue weighted by Crippen LogP contribution is -2.51. The minimum absolute atomic E-state index is 0.202. The molecule has 1 atom stereocenters. The van der Waals surface area contributed by atoms with Crippen molar-refractivity contribution in [3.8, 4) is 0 Å². The van der Waals surface area contributed by atoms with Gasteiger partial charge in [-0.25, -0.2) is 5.84 Å². The van der Waals surface area contributed by atoms with Gasteiger partial charge >= 0.3 is 0 Å². The number of hydrazine groups is 1. The normalized spacial score (nSPS) is 19.1. The van der Waals surface area contributed by atoms with Crippen LogP contribution in [0, 0.1) is 6.92 Å². The van der Waals surface area contributed by atoms with Crippen molar-refractivity contribution >= 4 is 5.91 Å². The maximum Gasteiger partial charge on any atom is 0.257 e. The van der Waals surface area contributed by atoms with E-state index in [-0.39, 0.29) is 5.91 Å². The summed E-state index contributed by atoms with van der Waals surface area (Å²) < 4.78 is 0. The Morgan fingerprint density at radius 3 is 2.68 bits per heavy atom. The molecule has 1 fully saturated rings. The highest BCUT2D eigenvalue weighted by molar-refractivity contribution is 5.82. The van der Waals surface area contributed by atoms with E-state index in [4.69, 9.17) is 5.84 Å². The number of rotatable bonds is 3. The molecule has 1 aromatic rings. The van der Waals surface area contributed by atoms with Gasteiger partial charge in [0.15, 0.2) is 0 Å². The smallest absolute Gasteiger partial charge is 0.257 e. The summed E-state index contributed by atoms with van der Waals surface area (Å²) in [7, 11) is 2.08. The van der Waals surface area contributed by atoms with Gasteiger partial charge in [0.2, 0.25) is 0 Å². The van der Waals surface area contributed by atoms with Gasteiger partial charge in [-0.2, -0.15) is 0 Å². The lowest BCUT2D eigenvalue weighted by molar-refractivity contribution is -0.127. The molecule has 1 unspecified atom stereocenters. The average Bonchev–Trinajstić information content (AvgIpc) is 2.43. The summed E-state index contributed by atoms with van der Waals surface area (Å²) in [5.74, 6) is 5.13. The van der Waals surface area contributed by atoms with Crippen LogP contribution in [0.25, 0.3) is 0 Å². The van der Waals surface area contributed by atoms with Crippen molar-refractivity contribution in [2.75, 3.05) is 33.2 Å². The van der Waals surface area contributed by atoms with Gasteiger partial charge in [-0.15, -0.1) is 0 Å². The molecule has 1 aliphatic heterocycles. The molecule has 2 heterocycles. The van der Waals surface area contributed by atoms with Crippen LogP contribution in [0.1, 0.15) is 17.3 Å². The number of piperazine rings is 1. The lowest BCUT2D eigenvalue weighted by Gasteiger charge is -2.37. The van der Waals surface area contributed by atoms with Crippen LogP contribution >= 0.6 is 0 Å². The number of amides is 1. The molecule has 104 valence electrons. The van der Waals surface area contributed by atoms with Crippen LogP contribution in [-0.4, -0.2) is 53.9 Å². The summed E-state index contributed by atoms with van der Waals surface area (Å²) in [6.07, 6.45) is 1.72. The van der Waals surface area contributed by atoms with E-state index in [1.54, 1.807) is 6.20 Å². The molecule has 1 saturated heterocycles. The van der Waals surface area contributed by atoms with Gasteiger partial charge in [-0.05, 0) is 25.6 Å². The molecule has 1 aliphatic rings. The van der Waals surface area contributed by atoms with Gasteiger partial charge in [0, 0.05) is 32.4 Å². The molecule has 2 rings (SSSR count).